The first kappa shape index (κ1) is 11.7. The zero-order chi connectivity index (χ0) is 11.7. The minimum Gasteiger partial charge on any atom is -0.503 e. The summed E-state index contributed by atoms with van der Waals surface area (Å²) in [5.74, 6) is 0.711. The normalized spacial score (nSPS) is 20.1. The van der Waals surface area contributed by atoms with Crippen molar-refractivity contribution in [2.24, 2.45) is 0 Å². The highest BCUT2D eigenvalue weighted by atomic mass is 79.9. The Hall–Kier alpha value is -0.740. The molecule has 0 saturated carbocycles. The van der Waals surface area contributed by atoms with Crippen LogP contribution in [0.4, 0.5) is 0 Å². The lowest BCUT2D eigenvalue weighted by atomic mass is 9.99. The van der Waals surface area contributed by atoms with E-state index in [1.54, 1.807) is 7.11 Å². The maximum absolute atomic E-state index is 9.96. The van der Waals surface area contributed by atoms with E-state index in [0.29, 0.717) is 11.8 Å². The van der Waals surface area contributed by atoms with Crippen molar-refractivity contribution in [3.63, 3.8) is 0 Å². The summed E-state index contributed by atoms with van der Waals surface area (Å²) in [6.45, 7) is 3.09. The molecule has 0 aliphatic carbocycles. The van der Waals surface area contributed by atoms with Crippen LogP contribution in [0.1, 0.15) is 30.0 Å². The van der Waals surface area contributed by atoms with Crippen molar-refractivity contribution >= 4 is 15.9 Å². The molecule has 1 fully saturated rings. The highest BCUT2D eigenvalue weighted by molar-refractivity contribution is 9.10. The van der Waals surface area contributed by atoms with E-state index >= 15 is 0 Å². The summed E-state index contributed by atoms with van der Waals surface area (Å²) in [5.41, 5.74) is 2.29. The van der Waals surface area contributed by atoms with Gasteiger partial charge in [-0.3, -0.25) is 0 Å². The molecule has 2 rings (SSSR count). The van der Waals surface area contributed by atoms with E-state index in [1.165, 1.54) is 6.42 Å². The Morgan fingerprint density at radius 1 is 1.56 bits per heavy atom. The quantitative estimate of drug-likeness (QED) is 0.878. The summed E-state index contributed by atoms with van der Waals surface area (Å²) in [6, 6.07) is 2.22. The lowest BCUT2D eigenvalue weighted by molar-refractivity contribution is 0.370. The van der Waals surface area contributed by atoms with Crippen LogP contribution in [0.5, 0.6) is 11.5 Å². The number of rotatable bonds is 2. The number of aromatic hydroxyl groups is 1. The molecule has 1 aromatic carbocycles. The van der Waals surface area contributed by atoms with Gasteiger partial charge in [0, 0.05) is 6.04 Å². The van der Waals surface area contributed by atoms with Crippen LogP contribution < -0.4 is 10.1 Å². The number of phenolic OH excluding ortho intramolecular Hbond substituents is 1. The predicted octanol–water partition coefficient (Wildman–Crippen LogP) is 2.90. The molecule has 2 N–H and O–H groups in total. The number of phenols is 1. The smallest absolute Gasteiger partial charge is 0.172 e. The van der Waals surface area contributed by atoms with Crippen molar-refractivity contribution in [3.05, 3.63) is 21.7 Å². The largest absolute Gasteiger partial charge is 0.503 e. The number of nitrogens with one attached hydrogen (secondary N) is 1. The van der Waals surface area contributed by atoms with Crippen molar-refractivity contribution in [2.45, 2.75) is 25.8 Å². The molecule has 0 amide bonds. The fraction of sp³-hybridized carbons (Fsp3) is 0.500. The third kappa shape index (κ3) is 1.92. The third-order valence-corrected chi connectivity index (χ3v) is 3.88. The molecule has 0 bridgehead atoms. The van der Waals surface area contributed by atoms with E-state index in [2.05, 4.69) is 21.2 Å². The van der Waals surface area contributed by atoms with Crippen molar-refractivity contribution in [2.75, 3.05) is 13.7 Å². The Labute approximate surface area is 104 Å². The van der Waals surface area contributed by atoms with Crippen LogP contribution in [0.25, 0.3) is 0 Å². The number of hydrogen-bond acceptors (Lipinski definition) is 3. The van der Waals surface area contributed by atoms with Crippen molar-refractivity contribution in [1.82, 2.24) is 5.32 Å². The molecule has 1 aliphatic heterocycles. The minimum absolute atomic E-state index is 0.191. The van der Waals surface area contributed by atoms with Gasteiger partial charge in [-0.15, -0.1) is 0 Å². The molecule has 88 valence electrons. The first-order valence-electron chi connectivity index (χ1n) is 5.44. The topological polar surface area (TPSA) is 41.5 Å². The zero-order valence-electron chi connectivity index (χ0n) is 9.51. The van der Waals surface area contributed by atoms with Gasteiger partial charge in [-0.25, -0.2) is 0 Å². The van der Waals surface area contributed by atoms with E-state index in [1.807, 2.05) is 13.0 Å². The van der Waals surface area contributed by atoms with Crippen LogP contribution in [0, 0.1) is 6.92 Å². The summed E-state index contributed by atoms with van der Waals surface area (Å²) in [5, 5.41) is 13.4. The number of methoxy groups -OCH3 is 1. The highest BCUT2D eigenvalue weighted by Crippen LogP contribution is 2.42. The van der Waals surface area contributed by atoms with Gasteiger partial charge in [0.25, 0.3) is 0 Å². The van der Waals surface area contributed by atoms with Gasteiger partial charge in [0.05, 0.1) is 11.6 Å². The Morgan fingerprint density at radius 3 is 2.88 bits per heavy atom. The highest BCUT2D eigenvalue weighted by Gasteiger charge is 2.23. The van der Waals surface area contributed by atoms with Crippen LogP contribution in [-0.2, 0) is 0 Å². The first-order chi connectivity index (χ1) is 7.65. The van der Waals surface area contributed by atoms with Gasteiger partial charge in [-0.2, -0.15) is 0 Å². The number of aryl methyl sites for hydroxylation is 1. The van der Waals surface area contributed by atoms with Gasteiger partial charge >= 0.3 is 0 Å². The van der Waals surface area contributed by atoms with Crippen molar-refractivity contribution in [1.29, 1.82) is 0 Å². The van der Waals surface area contributed by atoms with E-state index in [-0.39, 0.29) is 5.75 Å². The molecule has 1 aromatic rings. The van der Waals surface area contributed by atoms with Gasteiger partial charge in [0.15, 0.2) is 11.5 Å². The van der Waals surface area contributed by atoms with Crippen LogP contribution in [-0.4, -0.2) is 18.8 Å². The maximum Gasteiger partial charge on any atom is 0.172 e. The minimum atomic E-state index is 0.191. The number of halogens is 1. The van der Waals surface area contributed by atoms with Crippen molar-refractivity contribution in [3.8, 4) is 11.5 Å². The third-order valence-electron chi connectivity index (χ3n) is 3.08. The molecule has 16 heavy (non-hydrogen) atoms. The van der Waals surface area contributed by atoms with Crippen LogP contribution in [0.2, 0.25) is 0 Å². The van der Waals surface area contributed by atoms with Gasteiger partial charge < -0.3 is 15.2 Å². The van der Waals surface area contributed by atoms with Gasteiger partial charge in [-0.05, 0) is 59.4 Å². The molecule has 0 aromatic heterocycles. The van der Waals surface area contributed by atoms with E-state index in [4.69, 9.17) is 4.74 Å². The molecule has 1 unspecified atom stereocenters. The summed E-state index contributed by atoms with van der Waals surface area (Å²) in [6.07, 6.45) is 2.30. The molecular formula is C12H16BrNO2. The predicted molar refractivity (Wildman–Crippen MR) is 67.1 cm³/mol. The lowest BCUT2D eigenvalue weighted by Crippen LogP contribution is -2.14. The van der Waals surface area contributed by atoms with E-state index < -0.39 is 0 Å². The molecule has 0 spiro atoms. The Bertz CT molecular complexity index is 400. The Morgan fingerprint density at radius 2 is 2.31 bits per heavy atom. The molecule has 0 radical (unpaired) electrons. The molecule has 4 heteroatoms. The van der Waals surface area contributed by atoms with Crippen molar-refractivity contribution < 1.29 is 9.84 Å². The monoisotopic (exact) mass is 285 g/mol. The standard InChI is InChI=1S/C12H16BrNO2/c1-7-6-9(16-2)12(15)11(13)10(7)8-4-3-5-14-8/h6,8,14-15H,3-5H2,1-2H3. The number of ether oxygens (including phenoxy) is 1. The second kappa shape index (κ2) is 4.63. The average molecular weight is 286 g/mol. The van der Waals surface area contributed by atoms with Crippen LogP contribution in [0.15, 0.2) is 10.5 Å². The second-order valence-corrected chi connectivity index (χ2v) is 4.91. The van der Waals surface area contributed by atoms with E-state index in [9.17, 15) is 5.11 Å². The van der Waals surface area contributed by atoms with Gasteiger partial charge in [0.2, 0.25) is 0 Å². The molecule has 1 saturated heterocycles. The molecule has 1 heterocycles. The lowest BCUT2D eigenvalue weighted by Gasteiger charge is -2.18. The zero-order valence-corrected chi connectivity index (χ0v) is 11.1. The Kier molecular flexibility index (Phi) is 3.40. The van der Waals surface area contributed by atoms with Gasteiger partial charge in [0.1, 0.15) is 0 Å². The summed E-state index contributed by atoms with van der Waals surface area (Å²) in [4.78, 5) is 0. The van der Waals surface area contributed by atoms with Crippen LogP contribution >= 0.6 is 15.9 Å². The number of hydrogen-bond donors (Lipinski definition) is 2. The molecular weight excluding hydrogens is 270 g/mol. The summed E-state index contributed by atoms with van der Waals surface area (Å²) in [7, 11) is 1.56. The summed E-state index contributed by atoms with van der Waals surface area (Å²) < 4.78 is 5.88. The Balaban J connectivity index is 2.48. The fourth-order valence-electron chi connectivity index (χ4n) is 2.27. The molecule has 3 nitrogen and oxygen atoms in total. The maximum atomic E-state index is 9.96. The number of benzene rings is 1. The SMILES string of the molecule is COc1cc(C)c(C2CCCN2)c(Br)c1O. The first-order valence-corrected chi connectivity index (χ1v) is 6.23. The summed E-state index contributed by atoms with van der Waals surface area (Å²) >= 11 is 3.46. The second-order valence-electron chi connectivity index (χ2n) is 4.12. The average Bonchev–Trinajstić information content (AvgIpc) is 2.77. The molecule has 1 atom stereocenters. The van der Waals surface area contributed by atoms with Gasteiger partial charge in [-0.1, -0.05) is 0 Å². The van der Waals surface area contributed by atoms with Crippen LogP contribution in [0.3, 0.4) is 0 Å². The fourth-order valence-corrected chi connectivity index (χ4v) is 3.05. The van der Waals surface area contributed by atoms with E-state index in [0.717, 1.165) is 28.6 Å². The molecule has 1 aliphatic rings.